The monoisotopic (exact) mass is 566 g/mol. The normalized spacial score (nSPS) is 15.8. The maximum atomic E-state index is 13.0. The van der Waals surface area contributed by atoms with Gasteiger partial charge in [0, 0.05) is 10.6 Å². The second kappa shape index (κ2) is 11.5. The van der Waals surface area contributed by atoms with Gasteiger partial charge in [-0.25, -0.2) is 4.99 Å². The number of nitrogens with zero attached hydrogens (tertiary/aromatic N) is 1. The van der Waals surface area contributed by atoms with Crippen LogP contribution in [0.5, 0.6) is 11.5 Å². The van der Waals surface area contributed by atoms with Gasteiger partial charge in [0.15, 0.2) is 16.7 Å². The Morgan fingerprint density at radius 2 is 1.78 bits per heavy atom. The van der Waals surface area contributed by atoms with Crippen molar-refractivity contribution < 1.29 is 27.4 Å². The lowest BCUT2D eigenvalue weighted by molar-refractivity contribution is -0.137. The summed E-state index contributed by atoms with van der Waals surface area (Å²) in [4.78, 5) is 16.9. The molecule has 0 unspecified atom stereocenters. The van der Waals surface area contributed by atoms with E-state index in [1.807, 2.05) is 25.1 Å². The number of alkyl halides is 3. The predicted molar refractivity (Wildman–Crippen MR) is 141 cm³/mol. The number of carbonyl (C=O) groups excluding carboxylic acids is 1. The first-order valence-electron chi connectivity index (χ1n) is 10.9. The minimum atomic E-state index is -4.54. The van der Waals surface area contributed by atoms with Gasteiger partial charge in [0.1, 0.15) is 6.61 Å². The van der Waals surface area contributed by atoms with Gasteiger partial charge < -0.3 is 14.8 Å². The van der Waals surface area contributed by atoms with E-state index in [0.717, 1.165) is 35.5 Å². The Morgan fingerprint density at radius 1 is 1.00 bits per heavy atom. The summed E-state index contributed by atoms with van der Waals surface area (Å²) in [6.07, 6.45) is -2.92. The zero-order valence-electron chi connectivity index (χ0n) is 19.2. The molecule has 0 aromatic heterocycles. The van der Waals surface area contributed by atoms with Crippen LogP contribution in [-0.2, 0) is 17.6 Å². The van der Waals surface area contributed by atoms with Crippen molar-refractivity contribution in [3.63, 3.8) is 0 Å². The molecular formula is C26H19Cl2F3N2O3S. The third kappa shape index (κ3) is 6.80. The van der Waals surface area contributed by atoms with Gasteiger partial charge in [-0.1, -0.05) is 47.5 Å². The highest BCUT2D eigenvalue weighted by Gasteiger charge is 2.31. The highest BCUT2D eigenvalue weighted by molar-refractivity contribution is 8.18. The number of hydrogen-bond acceptors (Lipinski definition) is 5. The third-order valence-corrected chi connectivity index (χ3v) is 6.65. The van der Waals surface area contributed by atoms with Crippen LogP contribution in [0, 0.1) is 0 Å². The van der Waals surface area contributed by atoms with E-state index in [1.165, 1.54) is 0 Å². The maximum absolute atomic E-state index is 13.0. The summed E-state index contributed by atoms with van der Waals surface area (Å²) in [6.45, 7) is 2.48. The fourth-order valence-corrected chi connectivity index (χ4v) is 4.47. The molecule has 1 aliphatic heterocycles. The van der Waals surface area contributed by atoms with Crippen molar-refractivity contribution in [2.75, 3.05) is 6.61 Å². The molecular weight excluding hydrogens is 548 g/mol. The molecule has 5 nitrogen and oxygen atoms in total. The number of aliphatic imine (C=N–C) groups is 1. The summed E-state index contributed by atoms with van der Waals surface area (Å²) in [5.74, 6) is 0.551. The molecule has 3 aromatic carbocycles. The lowest BCUT2D eigenvalue weighted by Crippen LogP contribution is -2.19. The Hall–Kier alpha value is -3.14. The predicted octanol–water partition coefficient (Wildman–Crippen LogP) is 7.88. The second-order valence-electron chi connectivity index (χ2n) is 7.66. The van der Waals surface area contributed by atoms with Gasteiger partial charge in [-0.3, -0.25) is 4.79 Å². The van der Waals surface area contributed by atoms with E-state index in [4.69, 9.17) is 32.7 Å². The van der Waals surface area contributed by atoms with Gasteiger partial charge in [-0.2, -0.15) is 13.2 Å². The molecule has 0 spiro atoms. The first-order chi connectivity index (χ1) is 17.6. The number of amidine groups is 1. The molecule has 1 fully saturated rings. The highest BCUT2D eigenvalue weighted by Crippen LogP contribution is 2.37. The molecule has 1 heterocycles. The summed E-state index contributed by atoms with van der Waals surface area (Å²) < 4.78 is 50.8. The minimum absolute atomic E-state index is 0.0292. The summed E-state index contributed by atoms with van der Waals surface area (Å²) in [5.41, 5.74) is 0.495. The number of benzene rings is 3. The zero-order chi connectivity index (χ0) is 26.6. The van der Waals surface area contributed by atoms with Crippen LogP contribution < -0.4 is 14.8 Å². The van der Waals surface area contributed by atoms with E-state index in [1.54, 1.807) is 30.3 Å². The Labute approximate surface area is 225 Å². The lowest BCUT2D eigenvalue weighted by Gasteiger charge is -2.13. The number of rotatable bonds is 7. The van der Waals surface area contributed by atoms with Gasteiger partial charge in [0.05, 0.1) is 27.8 Å². The van der Waals surface area contributed by atoms with Crippen LogP contribution in [-0.4, -0.2) is 17.7 Å². The molecule has 0 atom stereocenters. The summed E-state index contributed by atoms with van der Waals surface area (Å²) in [7, 11) is 0. The molecule has 11 heteroatoms. The second-order valence-corrected chi connectivity index (χ2v) is 9.51. The van der Waals surface area contributed by atoms with E-state index in [0.29, 0.717) is 33.6 Å². The maximum Gasteiger partial charge on any atom is 0.416 e. The van der Waals surface area contributed by atoms with Gasteiger partial charge in [0.25, 0.3) is 5.91 Å². The van der Waals surface area contributed by atoms with Gasteiger partial charge in [-0.15, -0.1) is 0 Å². The number of halogens is 5. The van der Waals surface area contributed by atoms with Crippen LogP contribution >= 0.6 is 35.0 Å². The van der Waals surface area contributed by atoms with Crippen LogP contribution in [0.25, 0.3) is 6.08 Å². The molecule has 0 aliphatic carbocycles. The average Bonchev–Trinajstić information content (AvgIpc) is 3.18. The molecule has 0 saturated carbocycles. The summed E-state index contributed by atoms with van der Waals surface area (Å²) >= 11 is 13.2. The molecule has 37 heavy (non-hydrogen) atoms. The molecule has 3 aromatic rings. The van der Waals surface area contributed by atoms with Crippen molar-refractivity contribution in [1.82, 2.24) is 5.32 Å². The molecule has 192 valence electrons. The summed E-state index contributed by atoms with van der Waals surface area (Å²) in [6, 6.07) is 15.4. The Bertz CT molecular complexity index is 1390. The van der Waals surface area contributed by atoms with Crippen LogP contribution in [0.2, 0.25) is 10.0 Å². The van der Waals surface area contributed by atoms with Crippen molar-refractivity contribution in [2.45, 2.75) is 19.7 Å². The van der Waals surface area contributed by atoms with Gasteiger partial charge in [-0.05, 0) is 66.7 Å². The smallest absolute Gasteiger partial charge is 0.416 e. The quantitative estimate of drug-likeness (QED) is 0.295. The van der Waals surface area contributed by atoms with Crippen LogP contribution in [0.1, 0.15) is 23.6 Å². The van der Waals surface area contributed by atoms with Crippen molar-refractivity contribution in [2.24, 2.45) is 4.99 Å². The zero-order valence-corrected chi connectivity index (χ0v) is 21.6. The fraction of sp³-hybridized carbons (Fsp3) is 0.154. The Kier molecular flexibility index (Phi) is 8.36. The van der Waals surface area contributed by atoms with Crippen LogP contribution in [0.4, 0.5) is 18.9 Å². The molecule has 1 aliphatic rings. The molecule has 0 bridgehead atoms. The van der Waals surface area contributed by atoms with Crippen molar-refractivity contribution in [1.29, 1.82) is 0 Å². The van der Waals surface area contributed by atoms with E-state index in [9.17, 15) is 18.0 Å². The first kappa shape index (κ1) is 26.9. The molecule has 4 rings (SSSR count). The van der Waals surface area contributed by atoms with Gasteiger partial charge in [0.2, 0.25) is 0 Å². The Balaban J connectivity index is 1.54. The first-order valence-corrected chi connectivity index (χ1v) is 12.5. The molecule has 1 saturated heterocycles. The van der Waals surface area contributed by atoms with Crippen molar-refractivity contribution in [3.05, 3.63) is 92.3 Å². The number of nitrogens with one attached hydrogen (secondary N) is 1. The minimum Gasteiger partial charge on any atom is -0.490 e. The van der Waals surface area contributed by atoms with Crippen molar-refractivity contribution >= 4 is 57.8 Å². The summed E-state index contributed by atoms with van der Waals surface area (Å²) in [5, 5.41) is 3.29. The number of ether oxygens (including phenoxy) is 2. The third-order valence-electron chi connectivity index (χ3n) is 5.05. The SMILES string of the molecule is CCOc1cc(/C=C2\SC(=Nc3cc(C(F)(F)F)ccc3Cl)NC2=O)ccc1OCc1ccccc1Cl. The molecule has 0 radical (unpaired) electrons. The number of thioether (sulfide) groups is 1. The topological polar surface area (TPSA) is 59.9 Å². The molecule has 1 amide bonds. The van der Waals surface area contributed by atoms with Crippen LogP contribution in [0.15, 0.2) is 70.6 Å². The molecule has 1 N–H and O–H groups in total. The van der Waals surface area contributed by atoms with E-state index < -0.39 is 17.6 Å². The lowest BCUT2D eigenvalue weighted by atomic mass is 10.2. The fourth-order valence-electron chi connectivity index (χ4n) is 3.29. The van der Waals surface area contributed by atoms with E-state index >= 15 is 0 Å². The van der Waals surface area contributed by atoms with E-state index in [-0.39, 0.29) is 22.5 Å². The highest BCUT2D eigenvalue weighted by atomic mass is 35.5. The number of carbonyl (C=O) groups is 1. The number of amides is 1. The van der Waals surface area contributed by atoms with Crippen molar-refractivity contribution in [3.8, 4) is 11.5 Å². The largest absolute Gasteiger partial charge is 0.490 e. The van der Waals surface area contributed by atoms with Gasteiger partial charge >= 0.3 is 6.18 Å². The average molecular weight is 567 g/mol. The standard InChI is InChI=1S/C26H19Cl2F3N2O3S/c1-2-35-22-11-15(7-10-21(22)36-14-16-5-3-4-6-18(16)27)12-23-24(34)33-25(37-23)32-20-13-17(26(29,30)31)8-9-19(20)28/h3-13H,2,14H2,1H3,(H,32,33,34)/b23-12-. The van der Waals surface area contributed by atoms with E-state index in [2.05, 4.69) is 10.3 Å². The number of hydrogen-bond donors (Lipinski definition) is 1. The van der Waals surface area contributed by atoms with Crippen LogP contribution in [0.3, 0.4) is 0 Å². The Morgan fingerprint density at radius 3 is 2.51 bits per heavy atom.